The van der Waals surface area contributed by atoms with E-state index in [9.17, 15) is 4.79 Å². The zero-order chi connectivity index (χ0) is 22.1. The summed E-state index contributed by atoms with van der Waals surface area (Å²) >= 11 is 6.06. The van der Waals surface area contributed by atoms with Crippen LogP contribution in [0.5, 0.6) is 0 Å². The van der Waals surface area contributed by atoms with Gasteiger partial charge < -0.3 is 24.4 Å². The van der Waals surface area contributed by atoms with Gasteiger partial charge in [0.1, 0.15) is 22.8 Å². The summed E-state index contributed by atoms with van der Waals surface area (Å²) in [6.45, 7) is 7.42. The molecule has 0 fully saturated rings. The first-order chi connectivity index (χ1) is 14.0. The lowest BCUT2D eigenvalue weighted by molar-refractivity contribution is 0.0508. The molecule has 0 aliphatic heterocycles. The monoisotopic (exact) mass is 437 g/mol. The van der Waals surface area contributed by atoms with E-state index in [2.05, 4.69) is 20.6 Å². The number of aromatic nitrogens is 3. The number of amides is 1. The molecule has 0 aliphatic carbocycles. The zero-order valence-corrected chi connectivity index (χ0v) is 18.3. The Balaban J connectivity index is 1.85. The Kier molecular flexibility index (Phi) is 6.21. The number of halogens is 2. The van der Waals surface area contributed by atoms with Crippen LogP contribution in [0.25, 0.3) is 11.0 Å². The van der Waals surface area contributed by atoms with Crippen molar-refractivity contribution in [1.82, 2.24) is 19.9 Å². The zero-order valence-electron chi connectivity index (χ0n) is 17.5. The van der Waals surface area contributed by atoms with E-state index in [4.69, 9.17) is 20.8 Å². The molecular formula is C20H25ClFN5O3. The van der Waals surface area contributed by atoms with E-state index < -0.39 is 17.5 Å². The highest BCUT2D eigenvalue weighted by Crippen LogP contribution is 2.30. The number of carbonyl (C=O) groups is 1. The first-order valence-corrected chi connectivity index (χ1v) is 9.89. The molecule has 8 nitrogen and oxygen atoms in total. The Bertz CT molecular complexity index is 1040. The summed E-state index contributed by atoms with van der Waals surface area (Å²) in [4.78, 5) is 20.3. The second kappa shape index (κ2) is 8.51. The number of fused-ring (bicyclic) bond motifs is 1. The van der Waals surface area contributed by atoms with Gasteiger partial charge in [0, 0.05) is 19.5 Å². The lowest BCUT2D eigenvalue weighted by Gasteiger charge is -2.22. The maximum absolute atomic E-state index is 15.4. The van der Waals surface area contributed by atoms with Crippen LogP contribution < -0.4 is 10.6 Å². The van der Waals surface area contributed by atoms with Crippen molar-refractivity contribution in [3.63, 3.8) is 0 Å². The van der Waals surface area contributed by atoms with Gasteiger partial charge in [0.05, 0.1) is 23.9 Å². The van der Waals surface area contributed by atoms with Crippen molar-refractivity contribution < 1.29 is 18.3 Å². The van der Waals surface area contributed by atoms with Crippen LogP contribution in [0.15, 0.2) is 22.8 Å². The topological polar surface area (TPSA) is 94.2 Å². The molecule has 1 amide bonds. The van der Waals surface area contributed by atoms with E-state index >= 15 is 4.39 Å². The highest BCUT2D eigenvalue weighted by Gasteiger charge is 2.24. The maximum Gasteiger partial charge on any atom is 0.407 e. The fraction of sp³-hybridized carbons (Fsp3) is 0.450. The van der Waals surface area contributed by atoms with Gasteiger partial charge in [0.25, 0.3) is 0 Å². The number of nitrogens with zero attached hydrogens (tertiary/aromatic N) is 3. The maximum atomic E-state index is 15.4. The molecule has 162 valence electrons. The van der Waals surface area contributed by atoms with E-state index in [1.54, 1.807) is 57.7 Å². The van der Waals surface area contributed by atoms with Gasteiger partial charge in [-0.15, -0.1) is 0 Å². The van der Waals surface area contributed by atoms with Crippen molar-refractivity contribution in [2.45, 2.75) is 52.3 Å². The molecule has 3 aromatic heterocycles. The molecule has 0 radical (unpaired) electrons. The number of anilines is 1. The molecule has 3 heterocycles. The van der Waals surface area contributed by atoms with Crippen molar-refractivity contribution in [3.8, 4) is 0 Å². The number of furan rings is 1. The van der Waals surface area contributed by atoms with Crippen LogP contribution in [0.2, 0.25) is 5.28 Å². The summed E-state index contributed by atoms with van der Waals surface area (Å²) in [5.74, 6) is 0.474. The fourth-order valence-corrected chi connectivity index (χ4v) is 3.24. The van der Waals surface area contributed by atoms with Gasteiger partial charge in [-0.25, -0.2) is 9.18 Å². The fourth-order valence-electron chi connectivity index (χ4n) is 3.07. The van der Waals surface area contributed by atoms with Gasteiger partial charge in [-0.3, -0.25) is 0 Å². The van der Waals surface area contributed by atoms with Gasteiger partial charge >= 0.3 is 6.09 Å². The molecule has 30 heavy (non-hydrogen) atoms. The highest BCUT2D eigenvalue weighted by atomic mass is 35.5. The predicted octanol–water partition coefficient (Wildman–Crippen LogP) is 4.42. The van der Waals surface area contributed by atoms with Crippen LogP contribution in [-0.4, -0.2) is 32.3 Å². The molecule has 0 saturated carbocycles. The van der Waals surface area contributed by atoms with Gasteiger partial charge in [0.15, 0.2) is 5.82 Å². The number of hydrogen-bond donors (Lipinski definition) is 2. The molecule has 1 atom stereocenters. The molecule has 0 unspecified atom stereocenters. The molecule has 3 rings (SSSR count). The molecule has 0 aliphatic rings. The Morgan fingerprint density at radius 3 is 2.77 bits per heavy atom. The molecule has 0 spiro atoms. The number of alkyl carbamates (subject to hydrolysis) is 1. The third-order valence-corrected chi connectivity index (χ3v) is 4.50. The second-order valence-electron chi connectivity index (χ2n) is 8.04. The van der Waals surface area contributed by atoms with Crippen LogP contribution in [-0.2, 0) is 24.8 Å². The number of rotatable bonds is 6. The quantitative estimate of drug-likeness (QED) is 0.554. The molecule has 10 heteroatoms. The number of hydrogen-bond acceptors (Lipinski definition) is 6. The molecule has 0 bridgehead atoms. The average molecular weight is 438 g/mol. The Morgan fingerprint density at radius 2 is 2.13 bits per heavy atom. The second-order valence-corrected chi connectivity index (χ2v) is 8.38. The molecule has 3 aromatic rings. The van der Waals surface area contributed by atoms with E-state index in [1.165, 1.54) is 0 Å². The number of aryl methyl sites for hydroxylation is 1. The number of nitrogens with one attached hydrogen (secondary N) is 2. The van der Waals surface area contributed by atoms with Gasteiger partial charge in [-0.2, -0.15) is 9.97 Å². The first-order valence-electron chi connectivity index (χ1n) is 9.51. The standard InChI is InChI=1S/C20H25ClFN5O3/c1-11(24-19(28)30-20(2,3)4)9-13-15(22)14-16(23-10-12-7-6-8-29-12)25-18(21)26-17(14)27(13)5/h6-8,11H,9-10H2,1-5H3,(H,24,28)(H,23,25,26)/t11-/m0/s1. The number of carbonyl (C=O) groups excluding carboxylic acids is 1. The van der Waals surface area contributed by atoms with Crippen LogP contribution in [0.4, 0.5) is 15.0 Å². The lowest BCUT2D eigenvalue weighted by atomic mass is 10.1. The minimum absolute atomic E-state index is 0.00322. The van der Waals surface area contributed by atoms with Gasteiger partial charge in [-0.1, -0.05) is 0 Å². The number of ether oxygens (including phenoxy) is 1. The van der Waals surface area contributed by atoms with E-state index in [0.717, 1.165) is 0 Å². The van der Waals surface area contributed by atoms with Crippen LogP contribution >= 0.6 is 11.6 Å². The van der Waals surface area contributed by atoms with Gasteiger partial charge in [-0.05, 0) is 51.4 Å². The van der Waals surface area contributed by atoms with Crippen LogP contribution in [0, 0.1) is 5.82 Å². The van der Waals surface area contributed by atoms with Crippen LogP contribution in [0.3, 0.4) is 0 Å². The van der Waals surface area contributed by atoms with Crippen molar-refractivity contribution in [2.24, 2.45) is 7.05 Å². The Morgan fingerprint density at radius 1 is 1.40 bits per heavy atom. The molecular weight excluding hydrogens is 413 g/mol. The summed E-state index contributed by atoms with van der Waals surface area (Å²) in [5, 5.41) is 6.00. The van der Waals surface area contributed by atoms with E-state index in [1.807, 2.05) is 0 Å². The van der Waals surface area contributed by atoms with Crippen molar-refractivity contribution in [1.29, 1.82) is 0 Å². The Labute approximate surface area is 178 Å². The minimum atomic E-state index is -0.615. The van der Waals surface area contributed by atoms with Gasteiger partial charge in [0.2, 0.25) is 5.28 Å². The lowest BCUT2D eigenvalue weighted by Crippen LogP contribution is -2.39. The summed E-state index contributed by atoms with van der Waals surface area (Å²) < 4.78 is 27.5. The molecule has 0 aromatic carbocycles. The first kappa shape index (κ1) is 21.9. The van der Waals surface area contributed by atoms with E-state index in [-0.39, 0.29) is 29.0 Å². The third kappa shape index (κ3) is 5.02. The average Bonchev–Trinajstić information content (AvgIpc) is 3.21. The van der Waals surface area contributed by atoms with E-state index in [0.29, 0.717) is 23.6 Å². The van der Waals surface area contributed by atoms with Crippen molar-refractivity contribution >= 4 is 34.5 Å². The highest BCUT2D eigenvalue weighted by molar-refractivity contribution is 6.28. The third-order valence-electron chi connectivity index (χ3n) is 4.33. The smallest absolute Gasteiger partial charge is 0.407 e. The largest absolute Gasteiger partial charge is 0.467 e. The Hall–Kier alpha value is -2.81. The summed E-state index contributed by atoms with van der Waals surface area (Å²) in [6, 6.07) is 3.18. The summed E-state index contributed by atoms with van der Waals surface area (Å²) in [6.07, 6.45) is 1.23. The summed E-state index contributed by atoms with van der Waals surface area (Å²) in [5.41, 5.74) is 0.107. The minimum Gasteiger partial charge on any atom is -0.467 e. The SMILES string of the molecule is C[C@@H](Cc1c(F)c2c(NCc3ccco3)nc(Cl)nc2n1C)NC(=O)OC(C)(C)C. The molecule has 2 N–H and O–H groups in total. The molecule has 0 saturated heterocycles. The summed E-state index contributed by atoms with van der Waals surface area (Å²) in [7, 11) is 1.70. The normalized spacial score (nSPS) is 12.8. The van der Waals surface area contributed by atoms with Crippen molar-refractivity contribution in [2.75, 3.05) is 5.32 Å². The predicted molar refractivity (Wildman–Crippen MR) is 112 cm³/mol. The van der Waals surface area contributed by atoms with Crippen molar-refractivity contribution in [3.05, 3.63) is 41.0 Å². The van der Waals surface area contributed by atoms with Crippen LogP contribution in [0.1, 0.15) is 39.1 Å².